The molecule has 2 N–H and O–H groups in total. The van der Waals surface area contributed by atoms with Gasteiger partial charge >= 0.3 is 0 Å². The van der Waals surface area contributed by atoms with Crippen molar-refractivity contribution in [2.45, 2.75) is 110 Å². The first-order valence-corrected chi connectivity index (χ1v) is 11.4. The van der Waals surface area contributed by atoms with Crippen LogP contribution in [0.5, 0.6) is 0 Å². The predicted molar refractivity (Wildman–Crippen MR) is 122 cm³/mol. The van der Waals surface area contributed by atoms with E-state index in [9.17, 15) is 0 Å². The Kier molecular flexibility index (Phi) is 25.8. The van der Waals surface area contributed by atoms with Gasteiger partial charge in [-0.15, -0.1) is 12.4 Å². The quantitative estimate of drug-likeness (QED) is 0.189. The highest BCUT2D eigenvalue weighted by Gasteiger charge is 2.11. The van der Waals surface area contributed by atoms with E-state index in [1.807, 2.05) is 0 Å². The summed E-state index contributed by atoms with van der Waals surface area (Å²) in [6.07, 6.45) is 23.3. The molecule has 0 aliphatic carbocycles. The molecule has 1 atom stereocenters. The number of nitrogens with zero attached hydrogens (tertiary/aromatic N) is 1. The number of allylic oxidation sites excluding steroid dienone is 2. The fourth-order valence-corrected chi connectivity index (χ4v) is 3.50. The van der Waals surface area contributed by atoms with Crippen molar-refractivity contribution in [1.82, 2.24) is 4.90 Å². The number of unbranched alkanes of at least 4 members (excludes halogenated alkanes) is 11. The maximum absolute atomic E-state index is 9.09. The van der Waals surface area contributed by atoms with Crippen molar-refractivity contribution in [1.29, 1.82) is 0 Å². The minimum absolute atomic E-state index is 0. The fraction of sp³-hybridized carbons (Fsp3) is 0.913. The highest BCUT2D eigenvalue weighted by Crippen LogP contribution is 2.13. The molecule has 27 heavy (non-hydrogen) atoms. The van der Waals surface area contributed by atoms with Gasteiger partial charge in [0.1, 0.15) is 0 Å². The molecule has 0 aromatic heterocycles. The van der Waals surface area contributed by atoms with E-state index in [1.165, 1.54) is 83.5 Å². The Balaban J connectivity index is 0. The smallest absolute Gasteiger partial charge is 0.0558 e. The van der Waals surface area contributed by atoms with Crippen molar-refractivity contribution < 1.29 is 10.2 Å². The highest BCUT2D eigenvalue weighted by molar-refractivity contribution is 5.85. The summed E-state index contributed by atoms with van der Waals surface area (Å²) in [7, 11) is 0. The van der Waals surface area contributed by atoms with Crippen LogP contribution in [-0.4, -0.2) is 47.5 Å². The summed E-state index contributed by atoms with van der Waals surface area (Å²) in [4.78, 5) is 2.19. The van der Waals surface area contributed by atoms with Crippen molar-refractivity contribution in [3.63, 3.8) is 0 Å². The first-order chi connectivity index (χ1) is 12.8. The van der Waals surface area contributed by atoms with E-state index in [1.54, 1.807) is 0 Å². The van der Waals surface area contributed by atoms with Gasteiger partial charge in [0.05, 0.1) is 13.2 Å². The van der Waals surface area contributed by atoms with Gasteiger partial charge in [0, 0.05) is 19.1 Å². The van der Waals surface area contributed by atoms with Crippen LogP contribution in [-0.2, 0) is 0 Å². The highest BCUT2D eigenvalue weighted by atomic mass is 35.5. The first-order valence-electron chi connectivity index (χ1n) is 11.4. The lowest BCUT2D eigenvalue weighted by Gasteiger charge is -2.27. The van der Waals surface area contributed by atoms with Crippen LogP contribution in [0.3, 0.4) is 0 Å². The van der Waals surface area contributed by atoms with Crippen molar-refractivity contribution in [3.05, 3.63) is 12.2 Å². The second-order valence-corrected chi connectivity index (χ2v) is 7.71. The van der Waals surface area contributed by atoms with Crippen LogP contribution in [0, 0.1) is 0 Å². The van der Waals surface area contributed by atoms with E-state index < -0.39 is 0 Å². The summed E-state index contributed by atoms with van der Waals surface area (Å²) in [5.41, 5.74) is 0. The lowest BCUT2D eigenvalue weighted by Crippen LogP contribution is -2.37. The molecule has 0 bridgehead atoms. The second kappa shape index (κ2) is 23.9. The summed E-state index contributed by atoms with van der Waals surface area (Å²) >= 11 is 0. The molecular weight excluding hydrogens is 358 g/mol. The molecule has 0 aromatic rings. The van der Waals surface area contributed by atoms with Gasteiger partial charge in [-0.1, -0.05) is 76.9 Å². The largest absolute Gasteiger partial charge is 0.395 e. The van der Waals surface area contributed by atoms with E-state index in [4.69, 9.17) is 10.2 Å². The van der Waals surface area contributed by atoms with Gasteiger partial charge in [0.15, 0.2) is 0 Å². The summed E-state index contributed by atoms with van der Waals surface area (Å²) in [5.74, 6) is 0. The molecule has 0 aliphatic rings. The first kappa shape index (κ1) is 29.1. The SMILES string of the molecule is CCCCCCCC/C=C\CCCCCCCC(C)N(CCO)CCO.Cl. The van der Waals surface area contributed by atoms with Crippen molar-refractivity contribution in [2.75, 3.05) is 26.3 Å². The summed E-state index contributed by atoms with van der Waals surface area (Å²) in [6, 6.07) is 0.458. The third-order valence-corrected chi connectivity index (χ3v) is 5.28. The van der Waals surface area contributed by atoms with Gasteiger partial charge in [-0.2, -0.15) is 0 Å². The molecule has 0 saturated carbocycles. The zero-order valence-electron chi connectivity index (χ0n) is 18.2. The van der Waals surface area contributed by atoms with E-state index in [0.717, 1.165) is 6.42 Å². The molecular formula is C23H48ClNO2. The molecule has 0 saturated heterocycles. The maximum atomic E-state index is 9.09. The van der Waals surface area contributed by atoms with Gasteiger partial charge in [0.25, 0.3) is 0 Å². The summed E-state index contributed by atoms with van der Waals surface area (Å²) in [5, 5.41) is 18.2. The summed E-state index contributed by atoms with van der Waals surface area (Å²) in [6.45, 7) is 6.18. The van der Waals surface area contributed by atoms with E-state index >= 15 is 0 Å². The van der Waals surface area contributed by atoms with Gasteiger partial charge in [-0.05, 0) is 39.0 Å². The Morgan fingerprint density at radius 1 is 0.704 bits per heavy atom. The Bertz CT molecular complexity index is 294. The van der Waals surface area contributed by atoms with E-state index in [0.29, 0.717) is 19.1 Å². The van der Waals surface area contributed by atoms with Crippen LogP contribution >= 0.6 is 12.4 Å². The molecule has 0 spiro atoms. The second-order valence-electron chi connectivity index (χ2n) is 7.71. The number of halogens is 1. The molecule has 1 unspecified atom stereocenters. The molecule has 3 nitrogen and oxygen atoms in total. The minimum atomic E-state index is 0. The Morgan fingerprint density at radius 3 is 1.63 bits per heavy atom. The average molecular weight is 406 g/mol. The number of rotatable bonds is 20. The third-order valence-electron chi connectivity index (χ3n) is 5.28. The maximum Gasteiger partial charge on any atom is 0.0558 e. The van der Waals surface area contributed by atoms with Crippen LogP contribution in [0.25, 0.3) is 0 Å². The zero-order chi connectivity index (χ0) is 19.3. The molecule has 0 amide bonds. The number of hydrogen-bond donors (Lipinski definition) is 2. The molecule has 0 rings (SSSR count). The standard InChI is InChI=1S/C23H47NO2.ClH/c1-3-4-5-6-7-8-9-10-11-12-13-14-15-16-17-18-23(2)24(19-21-25)20-22-26;/h10-11,23,25-26H,3-9,12-22H2,1-2H3;1H/b11-10-;. The number of hydrogen-bond acceptors (Lipinski definition) is 3. The third kappa shape index (κ3) is 20.5. The van der Waals surface area contributed by atoms with Crippen LogP contribution in [0.4, 0.5) is 0 Å². The van der Waals surface area contributed by atoms with Gasteiger partial charge in [-0.25, -0.2) is 0 Å². The minimum Gasteiger partial charge on any atom is -0.395 e. The Morgan fingerprint density at radius 2 is 1.15 bits per heavy atom. The van der Waals surface area contributed by atoms with Gasteiger partial charge < -0.3 is 10.2 Å². The van der Waals surface area contributed by atoms with Crippen LogP contribution in [0.1, 0.15) is 104 Å². The molecule has 164 valence electrons. The van der Waals surface area contributed by atoms with E-state index in [2.05, 4.69) is 30.9 Å². The van der Waals surface area contributed by atoms with Crippen LogP contribution in [0.2, 0.25) is 0 Å². The Hall–Kier alpha value is -0.0900. The van der Waals surface area contributed by atoms with E-state index in [-0.39, 0.29) is 25.6 Å². The molecule has 0 radical (unpaired) electrons. The molecule has 0 heterocycles. The van der Waals surface area contributed by atoms with Gasteiger partial charge in [-0.3, -0.25) is 4.90 Å². The van der Waals surface area contributed by atoms with Crippen molar-refractivity contribution >= 4 is 12.4 Å². The molecule has 0 aromatic carbocycles. The monoisotopic (exact) mass is 405 g/mol. The Labute approximate surface area is 176 Å². The normalized spacial score (nSPS) is 12.6. The zero-order valence-corrected chi connectivity index (χ0v) is 19.0. The molecule has 0 fully saturated rings. The van der Waals surface area contributed by atoms with Crippen LogP contribution in [0.15, 0.2) is 12.2 Å². The molecule has 4 heteroatoms. The fourth-order valence-electron chi connectivity index (χ4n) is 3.50. The topological polar surface area (TPSA) is 43.7 Å². The lowest BCUT2D eigenvalue weighted by atomic mass is 10.0. The van der Waals surface area contributed by atoms with Gasteiger partial charge in [0.2, 0.25) is 0 Å². The lowest BCUT2D eigenvalue weighted by molar-refractivity contribution is 0.123. The van der Waals surface area contributed by atoms with Crippen LogP contribution < -0.4 is 0 Å². The van der Waals surface area contributed by atoms with Crippen molar-refractivity contribution in [2.24, 2.45) is 0 Å². The number of aliphatic hydroxyl groups is 2. The number of aliphatic hydroxyl groups excluding tert-OH is 2. The average Bonchev–Trinajstić information content (AvgIpc) is 2.64. The van der Waals surface area contributed by atoms with Crippen molar-refractivity contribution in [3.8, 4) is 0 Å². The summed E-state index contributed by atoms with van der Waals surface area (Å²) < 4.78 is 0. The predicted octanol–water partition coefficient (Wildman–Crippen LogP) is 6.12. The molecule has 0 aliphatic heterocycles.